The topological polar surface area (TPSA) is 74.6 Å². The van der Waals surface area contributed by atoms with Crippen LogP contribution in [0, 0.1) is 0 Å². The molecular weight excluding hydrogens is 370 g/mol. The Labute approximate surface area is 170 Å². The Balaban J connectivity index is 1.55. The summed E-state index contributed by atoms with van der Waals surface area (Å²) in [5, 5.41) is 7.15. The van der Waals surface area contributed by atoms with Gasteiger partial charge in [0.1, 0.15) is 0 Å². The van der Waals surface area contributed by atoms with Gasteiger partial charge in [0.25, 0.3) is 0 Å². The largest absolute Gasteiger partial charge is 0.493 e. The van der Waals surface area contributed by atoms with Gasteiger partial charge in [0.15, 0.2) is 11.5 Å². The number of aromatic nitrogens is 2. The van der Waals surface area contributed by atoms with Gasteiger partial charge in [-0.2, -0.15) is 5.10 Å². The minimum Gasteiger partial charge on any atom is -0.493 e. The number of hydrogen-bond donors (Lipinski definition) is 1. The van der Waals surface area contributed by atoms with Gasteiger partial charge in [-0.3, -0.25) is 4.79 Å². The number of nitrogens with zero attached hydrogens (tertiary/aromatic N) is 2. The molecule has 1 N–H and O–H groups in total. The molecule has 152 valence electrons. The van der Waals surface area contributed by atoms with Crippen LogP contribution in [0.25, 0.3) is 5.69 Å². The Morgan fingerprint density at radius 1 is 1.00 bits per heavy atom. The molecule has 3 aromatic rings. The number of amides is 1. The van der Waals surface area contributed by atoms with Gasteiger partial charge in [-0.05, 0) is 41.8 Å². The molecule has 7 heteroatoms. The van der Waals surface area contributed by atoms with Gasteiger partial charge in [0.2, 0.25) is 11.7 Å². The molecule has 0 spiro atoms. The second-order valence-corrected chi connectivity index (χ2v) is 6.39. The lowest BCUT2D eigenvalue weighted by Gasteiger charge is -2.15. The highest BCUT2D eigenvalue weighted by Crippen LogP contribution is 2.40. The lowest BCUT2D eigenvalue weighted by molar-refractivity contribution is -0.121. The van der Waals surface area contributed by atoms with Crippen molar-refractivity contribution in [3.8, 4) is 22.9 Å². The highest BCUT2D eigenvalue weighted by Gasteiger charge is 2.16. The Kier molecular flexibility index (Phi) is 6.73. The molecule has 1 heterocycles. The van der Waals surface area contributed by atoms with Gasteiger partial charge in [-0.15, -0.1) is 0 Å². The summed E-state index contributed by atoms with van der Waals surface area (Å²) in [6.07, 6.45) is 4.51. The zero-order valence-corrected chi connectivity index (χ0v) is 16.8. The summed E-state index contributed by atoms with van der Waals surface area (Å²) in [4.78, 5) is 12.3. The summed E-state index contributed by atoms with van der Waals surface area (Å²) < 4.78 is 17.9. The number of hydrogen-bond acceptors (Lipinski definition) is 5. The minimum atomic E-state index is -0.0296. The summed E-state index contributed by atoms with van der Waals surface area (Å²) in [6, 6.07) is 13.5. The third-order valence-corrected chi connectivity index (χ3v) is 4.60. The van der Waals surface area contributed by atoms with Crippen LogP contribution in [-0.4, -0.2) is 37.0 Å². The number of aryl methyl sites for hydroxylation is 1. The first-order chi connectivity index (χ1) is 14.2. The second-order valence-electron chi connectivity index (χ2n) is 6.39. The van der Waals surface area contributed by atoms with Crippen molar-refractivity contribution in [1.82, 2.24) is 15.1 Å². The standard InChI is InChI=1S/C22H25N3O4/c1-27-19-11-7-17(21(28-2)22(19)29-3)8-12-20(26)23-15-16-5-9-18(10-6-16)25-14-4-13-24-25/h4-7,9-11,13-14H,8,12,15H2,1-3H3,(H,23,26). The molecule has 0 fully saturated rings. The van der Waals surface area contributed by atoms with Crippen LogP contribution in [0.3, 0.4) is 0 Å². The fourth-order valence-electron chi connectivity index (χ4n) is 3.09. The van der Waals surface area contributed by atoms with Gasteiger partial charge in [0, 0.05) is 25.4 Å². The summed E-state index contributed by atoms with van der Waals surface area (Å²) in [7, 11) is 4.72. The summed E-state index contributed by atoms with van der Waals surface area (Å²) >= 11 is 0. The molecule has 1 amide bonds. The number of ether oxygens (including phenoxy) is 3. The number of benzene rings is 2. The molecule has 0 aliphatic rings. The Hall–Kier alpha value is -3.48. The first-order valence-electron chi connectivity index (χ1n) is 9.29. The van der Waals surface area contributed by atoms with Crippen molar-refractivity contribution in [3.63, 3.8) is 0 Å². The molecule has 0 aliphatic heterocycles. The number of carbonyl (C=O) groups excluding carboxylic acids is 1. The number of nitrogens with one attached hydrogen (secondary N) is 1. The number of methoxy groups -OCH3 is 3. The lowest BCUT2D eigenvalue weighted by atomic mass is 10.1. The zero-order valence-electron chi connectivity index (χ0n) is 16.8. The third kappa shape index (κ3) is 4.87. The molecule has 0 atom stereocenters. The van der Waals surface area contributed by atoms with Crippen molar-refractivity contribution in [2.75, 3.05) is 21.3 Å². The van der Waals surface area contributed by atoms with Crippen molar-refractivity contribution in [3.05, 3.63) is 66.0 Å². The quantitative estimate of drug-likeness (QED) is 0.602. The average molecular weight is 395 g/mol. The predicted molar refractivity (Wildman–Crippen MR) is 110 cm³/mol. The predicted octanol–water partition coefficient (Wildman–Crippen LogP) is 3.15. The maximum Gasteiger partial charge on any atom is 0.220 e. The molecule has 0 unspecified atom stereocenters. The van der Waals surface area contributed by atoms with E-state index in [1.807, 2.05) is 48.7 Å². The summed E-state index contributed by atoms with van der Waals surface area (Å²) in [5.74, 6) is 1.69. The van der Waals surface area contributed by atoms with Crippen LogP contribution in [0.2, 0.25) is 0 Å². The molecule has 0 radical (unpaired) electrons. The molecule has 2 aromatic carbocycles. The van der Waals surface area contributed by atoms with Crippen LogP contribution in [0.15, 0.2) is 54.9 Å². The highest BCUT2D eigenvalue weighted by atomic mass is 16.5. The van der Waals surface area contributed by atoms with Crippen LogP contribution in [-0.2, 0) is 17.8 Å². The van der Waals surface area contributed by atoms with Gasteiger partial charge in [-0.1, -0.05) is 18.2 Å². The average Bonchev–Trinajstić information content (AvgIpc) is 3.30. The minimum absolute atomic E-state index is 0.0296. The van der Waals surface area contributed by atoms with Gasteiger partial charge in [0.05, 0.1) is 27.0 Å². The SMILES string of the molecule is COc1ccc(CCC(=O)NCc2ccc(-n3cccn3)cc2)c(OC)c1OC. The first kappa shape index (κ1) is 20.3. The Morgan fingerprint density at radius 2 is 1.76 bits per heavy atom. The molecule has 29 heavy (non-hydrogen) atoms. The van der Waals surface area contributed by atoms with E-state index >= 15 is 0 Å². The Morgan fingerprint density at radius 3 is 2.38 bits per heavy atom. The summed E-state index contributed by atoms with van der Waals surface area (Å²) in [6.45, 7) is 0.474. The third-order valence-electron chi connectivity index (χ3n) is 4.60. The van der Waals surface area contributed by atoms with E-state index in [4.69, 9.17) is 14.2 Å². The van der Waals surface area contributed by atoms with E-state index in [1.54, 1.807) is 32.2 Å². The maximum absolute atomic E-state index is 12.3. The van der Waals surface area contributed by atoms with E-state index in [0.29, 0.717) is 36.6 Å². The summed E-state index contributed by atoms with van der Waals surface area (Å²) in [5.41, 5.74) is 2.90. The van der Waals surface area contributed by atoms with Crippen molar-refractivity contribution < 1.29 is 19.0 Å². The van der Waals surface area contributed by atoms with Gasteiger partial charge < -0.3 is 19.5 Å². The van der Waals surface area contributed by atoms with Crippen LogP contribution in [0.4, 0.5) is 0 Å². The van der Waals surface area contributed by atoms with E-state index < -0.39 is 0 Å². The second kappa shape index (κ2) is 9.64. The van der Waals surface area contributed by atoms with Crippen molar-refractivity contribution >= 4 is 5.91 Å². The van der Waals surface area contributed by atoms with Gasteiger partial charge >= 0.3 is 0 Å². The van der Waals surface area contributed by atoms with E-state index in [0.717, 1.165) is 16.8 Å². The molecule has 7 nitrogen and oxygen atoms in total. The molecule has 0 saturated heterocycles. The maximum atomic E-state index is 12.3. The van der Waals surface area contributed by atoms with Crippen LogP contribution in [0.5, 0.6) is 17.2 Å². The van der Waals surface area contributed by atoms with Crippen molar-refractivity contribution in [1.29, 1.82) is 0 Å². The van der Waals surface area contributed by atoms with Crippen LogP contribution < -0.4 is 19.5 Å². The molecular formula is C22H25N3O4. The van der Waals surface area contributed by atoms with E-state index in [2.05, 4.69) is 10.4 Å². The normalized spacial score (nSPS) is 10.4. The fraction of sp³-hybridized carbons (Fsp3) is 0.273. The van der Waals surface area contributed by atoms with Crippen molar-refractivity contribution in [2.24, 2.45) is 0 Å². The molecule has 1 aromatic heterocycles. The van der Waals surface area contributed by atoms with E-state index in [-0.39, 0.29) is 5.91 Å². The molecule has 0 saturated carbocycles. The Bertz CT molecular complexity index is 937. The van der Waals surface area contributed by atoms with Gasteiger partial charge in [-0.25, -0.2) is 4.68 Å². The lowest BCUT2D eigenvalue weighted by Crippen LogP contribution is -2.23. The molecule has 0 aliphatic carbocycles. The molecule has 0 bridgehead atoms. The van der Waals surface area contributed by atoms with E-state index in [9.17, 15) is 4.79 Å². The number of carbonyl (C=O) groups is 1. The van der Waals surface area contributed by atoms with Crippen LogP contribution in [0.1, 0.15) is 17.5 Å². The fourth-order valence-corrected chi connectivity index (χ4v) is 3.09. The molecule has 3 rings (SSSR count). The van der Waals surface area contributed by atoms with Crippen LogP contribution >= 0.6 is 0 Å². The van der Waals surface area contributed by atoms with E-state index in [1.165, 1.54) is 0 Å². The monoisotopic (exact) mass is 395 g/mol. The highest BCUT2D eigenvalue weighted by molar-refractivity contribution is 5.76. The van der Waals surface area contributed by atoms with Crippen molar-refractivity contribution in [2.45, 2.75) is 19.4 Å². The first-order valence-corrected chi connectivity index (χ1v) is 9.29. The zero-order chi connectivity index (χ0) is 20.6. The smallest absolute Gasteiger partial charge is 0.220 e. The number of rotatable bonds is 9.